The lowest BCUT2D eigenvalue weighted by Gasteiger charge is -2.39. The van der Waals surface area contributed by atoms with E-state index in [1.807, 2.05) is 0 Å². The van der Waals surface area contributed by atoms with Crippen LogP contribution in [0.3, 0.4) is 0 Å². The van der Waals surface area contributed by atoms with Crippen molar-refractivity contribution in [2.45, 2.75) is 12.6 Å². The largest absolute Gasteiger partial charge is 0.451 e. The van der Waals surface area contributed by atoms with E-state index >= 15 is 0 Å². The van der Waals surface area contributed by atoms with Crippen LogP contribution in [0.4, 0.5) is 13.6 Å². The molecule has 2 aromatic carbocycles. The number of halogens is 3. The Morgan fingerprint density at radius 2 is 1.79 bits per heavy atom. The van der Waals surface area contributed by atoms with Gasteiger partial charge >= 0.3 is 12.1 Å². The first-order valence-corrected chi connectivity index (χ1v) is 10.7. The Morgan fingerprint density at radius 3 is 2.41 bits per heavy atom. The fourth-order valence-electron chi connectivity index (χ4n) is 3.44. The van der Waals surface area contributed by atoms with Crippen molar-refractivity contribution in [2.75, 3.05) is 40.0 Å². The third-order valence-electron chi connectivity index (χ3n) is 5.13. The van der Waals surface area contributed by atoms with E-state index in [-0.39, 0.29) is 50.7 Å². The lowest BCUT2D eigenvalue weighted by atomic mass is 10.1. The van der Waals surface area contributed by atoms with Gasteiger partial charge in [0.1, 0.15) is 18.4 Å². The van der Waals surface area contributed by atoms with Gasteiger partial charge in [-0.1, -0.05) is 11.6 Å². The first kappa shape index (κ1) is 25.6. The van der Waals surface area contributed by atoms with E-state index in [1.165, 1.54) is 36.3 Å². The van der Waals surface area contributed by atoms with E-state index < -0.39 is 35.5 Å². The molecule has 34 heavy (non-hydrogen) atoms. The van der Waals surface area contributed by atoms with Gasteiger partial charge in [-0.15, -0.1) is 0 Å². The summed E-state index contributed by atoms with van der Waals surface area (Å²) in [5, 5.41) is 0.456. The summed E-state index contributed by atoms with van der Waals surface area (Å²) in [5.74, 6) is 2.09. The minimum Gasteiger partial charge on any atom is -0.451 e. The molecule has 0 unspecified atom stereocenters. The Morgan fingerprint density at radius 1 is 1.12 bits per heavy atom. The highest BCUT2D eigenvalue weighted by atomic mass is 35.5. The number of nitrogens with two attached hydrogens (primary N) is 1. The molecule has 1 heterocycles. The molecule has 0 aliphatic carbocycles. The van der Waals surface area contributed by atoms with Gasteiger partial charge in [0.15, 0.2) is 17.4 Å². The average molecular weight is 500 g/mol. The molecule has 1 amide bonds. The van der Waals surface area contributed by atoms with Gasteiger partial charge in [0.05, 0.1) is 13.2 Å². The number of carbonyl (C=O) groups is 2. The number of amides is 1. The molecule has 1 atom stereocenters. The van der Waals surface area contributed by atoms with Crippen LogP contribution in [0.2, 0.25) is 5.02 Å². The summed E-state index contributed by atoms with van der Waals surface area (Å²) in [6.07, 6.45) is -0.618. The predicted octanol–water partition coefficient (Wildman–Crippen LogP) is 3.10. The smallest absolute Gasteiger partial charge is 0.409 e. The van der Waals surface area contributed by atoms with Crippen molar-refractivity contribution < 1.29 is 37.4 Å². The van der Waals surface area contributed by atoms with E-state index in [0.717, 1.165) is 12.1 Å². The number of hydrogen-bond donors (Lipinski definition) is 1. The third-order valence-corrected chi connectivity index (χ3v) is 5.38. The van der Waals surface area contributed by atoms with Crippen LogP contribution in [0.1, 0.15) is 5.56 Å². The van der Waals surface area contributed by atoms with Crippen LogP contribution >= 0.6 is 11.6 Å². The monoisotopic (exact) mass is 499 g/mol. The lowest BCUT2D eigenvalue weighted by molar-refractivity contribution is -0.153. The molecule has 12 heteroatoms. The van der Waals surface area contributed by atoms with Crippen molar-refractivity contribution in [1.82, 2.24) is 9.80 Å². The second-order valence-electron chi connectivity index (χ2n) is 7.42. The molecule has 184 valence electrons. The van der Waals surface area contributed by atoms with Gasteiger partial charge < -0.3 is 23.9 Å². The van der Waals surface area contributed by atoms with Gasteiger partial charge in [0, 0.05) is 31.8 Å². The highest BCUT2D eigenvalue weighted by Crippen LogP contribution is 2.30. The molecule has 2 N–H and O–H groups in total. The zero-order valence-electron chi connectivity index (χ0n) is 18.3. The molecular formula is C22H24ClF2N3O6. The summed E-state index contributed by atoms with van der Waals surface area (Å²) in [7, 11) is 1.47. The molecule has 0 saturated carbocycles. The maximum atomic E-state index is 14.7. The molecule has 3 rings (SSSR count). The zero-order valence-corrected chi connectivity index (χ0v) is 19.1. The first-order valence-electron chi connectivity index (χ1n) is 10.3. The Bertz CT molecular complexity index is 988. The topological polar surface area (TPSA) is 104 Å². The highest BCUT2D eigenvalue weighted by Gasteiger charge is 2.36. The summed E-state index contributed by atoms with van der Waals surface area (Å²) < 4.78 is 44.6. The van der Waals surface area contributed by atoms with Crippen LogP contribution in [0.25, 0.3) is 0 Å². The van der Waals surface area contributed by atoms with Crippen LogP contribution < -0.4 is 10.6 Å². The van der Waals surface area contributed by atoms with Crippen molar-refractivity contribution >= 4 is 23.7 Å². The molecule has 0 spiro atoms. The molecule has 1 aliphatic heterocycles. The quantitative estimate of drug-likeness (QED) is 0.436. The Labute approximate surface area is 199 Å². The van der Waals surface area contributed by atoms with Crippen LogP contribution in [0, 0.1) is 11.6 Å². The van der Waals surface area contributed by atoms with Crippen molar-refractivity contribution in [3.05, 3.63) is 58.6 Å². The Hall–Kier alpha value is -2.99. The first-order chi connectivity index (χ1) is 16.3. The Balaban J connectivity index is 1.71. The van der Waals surface area contributed by atoms with Gasteiger partial charge in [-0.25, -0.2) is 18.4 Å². The normalized spacial score (nSPS) is 16.3. The summed E-state index contributed by atoms with van der Waals surface area (Å²) >= 11 is 5.81. The van der Waals surface area contributed by atoms with Crippen LogP contribution in [-0.2, 0) is 25.7 Å². The minimum atomic E-state index is -0.954. The molecular weight excluding hydrogens is 476 g/mol. The summed E-state index contributed by atoms with van der Waals surface area (Å²) in [6.45, 7) is 0.666. The molecule has 1 aliphatic rings. The molecule has 9 nitrogen and oxygen atoms in total. The number of methoxy groups -OCH3 is 1. The van der Waals surface area contributed by atoms with Crippen LogP contribution in [0.15, 0.2) is 36.4 Å². The van der Waals surface area contributed by atoms with Crippen LogP contribution in [-0.4, -0.2) is 67.9 Å². The number of benzene rings is 2. The van der Waals surface area contributed by atoms with Crippen molar-refractivity contribution in [1.29, 1.82) is 0 Å². The standard InChI is InChI=1S/C22H24ClF2N3O6/c1-31-8-9-32-22(30)28-7-6-27(19(13-28)21(29)34-26)12-14-10-17(24)20(18(25)11-14)33-16-4-2-15(23)3-5-16/h2-5,10-11,19H,6-9,12-13,26H2,1H3/t19-/m1/s1. The molecule has 0 bridgehead atoms. The average Bonchev–Trinajstić information content (AvgIpc) is 2.82. The van der Waals surface area contributed by atoms with Gasteiger partial charge in [-0.3, -0.25) is 4.90 Å². The van der Waals surface area contributed by atoms with Crippen molar-refractivity contribution in [3.8, 4) is 11.5 Å². The summed E-state index contributed by atoms with van der Waals surface area (Å²) in [6, 6.07) is 7.31. The maximum absolute atomic E-state index is 14.7. The van der Waals surface area contributed by atoms with E-state index in [4.69, 9.17) is 31.7 Å². The molecule has 0 aromatic heterocycles. The van der Waals surface area contributed by atoms with Gasteiger partial charge in [-0.2, -0.15) is 5.90 Å². The van der Waals surface area contributed by atoms with Crippen molar-refractivity contribution in [2.24, 2.45) is 5.90 Å². The number of ether oxygens (including phenoxy) is 3. The second-order valence-corrected chi connectivity index (χ2v) is 7.86. The molecule has 2 aromatic rings. The minimum absolute atomic E-state index is 0.00138. The van der Waals surface area contributed by atoms with E-state index in [9.17, 15) is 18.4 Å². The number of piperazine rings is 1. The third kappa shape index (κ3) is 6.54. The number of rotatable bonds is 8. The zero-order chi connectivity index (χ0) is 24.7. The van der Waals surface area contributed by atoms with Crippen molar-refractivity contribution in [3.63, 3.8) is 0 Å². The maximum Gasteiger partial charge on any atom is 0.409 e. The lowest BCUT2D eigenvalue weighted by Crippen LogP contribution is -2.58. The predicted molar refractivity (Wildman–Crippen MR) is 117 cm³/mol. The number of carbonyl (C=O) groups excluding carboxylic acids is 2. The number of nitrogens with zero attached hydrogens (tertiary/aromatic N) is 2. The van der Waals surface area contributed by atoms with E-state index in [2.05, 4.69) is 4.84 Å². The second kappa shape index (κ2) is 11.9. The molecule has 1 fully saturated rings. The van der Waals surface area contributed by atoms with Crippen LogP contribution in [0.5, 0.6) is 11.5 Å². The summed E-state index contributed by atoms with van der Waals surface area (Å²) in [5.41, 5.74) is 0.254. The van der Waals surface area contributed by atoms with E-state index in [0.29, 0.717) is 5.02 Å². The molecule has 1 saturated heterocycles. The van der Waals surface area contributed by atoms with Gasteiger partial charge in [0.25, 0.3) is 0 Å². The fraction of sp³-hybridized carbons (Fsp3) is 0.364. The van der Waals surface area contributed by atoms with E-state index in [1.54, 1.807) is 4.90 Å². The highest BCUT2D eigenvalue weighted by molar-refractivity contribution is 6.30. The summed E-state index contributed by atoms with van der Waals surface area (Å²) in [4.78, 5) is 31.8. The number of hydrogen-bond acceptors (Lipinski definition) is 8. The Kier molecular flexibility index (Phi) is 8.99. The molecule has 0 radical (unpaired) electrons. The van der Waals surface area contributed by atoms with Gasteiger partial charge in [-0.05, 0) is 42.0 Å². The fourth-order valence-corrected chi connectivity index (χ4v) is 3.56. The van der Waals surface area contributed by atoms with Gasteiger partial charge in [0.2, 0.25) is 0 Å². The SMILES string of the molecule is COCCOC(=O)N1CCN(Cc2cc(F)c(Oc3ccc(Cl)cc3)c(F)c2)[C@@H](C(=O)ON)C1.